The molecule has 1 aromatic heterocycles. The molecule has 2 saturated heterocycles. The summed E-state index contributed by atoms with van der Waals surface area (Å²) in [6.45, 7) is 5.50. The van der Waals surface area contributed by atoms with E-state index in [1.807, 2.05) is 35.7 Å². The lowest BCUT2D eigenvalue weighted by Crippen LogP contribution is -2.55. The van der Waals surface area contributed by atoms with Crippen molar-refractivity contribution >= 4 is 11.8 Å². The van der Waals surface area contributed by atoms with Gasteiger partial charge in [-0.3, -0.25) is 19.6 Å². The van der Waals surface area contributed by atoms with Crippen LogP contribution in [0, 0.1) is 12.3 Å². The second-order valence-corrected chi connectivity index (χ2v) is 8.37. The lowest BCUT2D eigenvalue weighted by molar-refractivity contribution is -0.143. The molecule has 3 heterocycles. The Balaban J connectivity index is 1.65. The Morgan fingerprint density at radius 3 is 2.74 bits per heavy atom. The summed E-state index contributed by atoms with van der Waals surface area (Å²) < 4.78 is 0. The van der Waals surface area contributed by atoms with Crippen LogP contribution in [0.2, 0.25) is 0 Å². The minimum absolute atomic E-state index is 0.0259. The van der Waals surface area contributed by atoms with Crippen molar-refractivity contribution in [1.82, 2.24) is 24.7 Å². The van der Waals surface area contributed by atoms with Crippen LogP contribution in [0.5, 0.6) is 0 Å². The molecule has 0 aromatic carbocycles. The van der Waals surface area contributed by atoms with Crippen LogP contribution < -0.4 is 0 Å². The molecule has 2 aliphatic rings. The first-order valence-electron chi connectivity index (χ1n) is 9.85. The SMILES string of the molecule is Cc1cnc(CN2CC3(CCCN(C(=O)CCN(C)C)C3)CCC2=O)cn1. The number of carbonyl (C=O) groups excluding carboxylic acids is 2. The van der Waals surface area contributed by atoms with E-state index in [1.165, 1.54) is 0 Å². The first-order chi connectivity index (χ1) is 12.9. The van der Waals surface area contributed by atoms with Crippen molar-refractivity contribution in [3.63, 3.8) is 0 Å². The predicted molar refractivity (Wildman–Crippen MR) is 103 cm³/mol. The van der Waals surface area contributed by atoms with E-state index in [9.17, 15) is 9.59 Å². The fraction of sp³-hybridized carbons (Fsp3) is 0.700. The topological polar surface area (TPSA) is 69.6 Å². The molecule has 7 nitrogen and oxygen atoms in total. The number of likely N-dealkylation sites (tertiary alicyclic amines) is 2. The lowest BCUT2D eigenvalue weighted by Gasteiger charge is -2.48. The number of hydrogen-bond acceptors (Lipinski definition) is 5. The largest absolute Gasteiger partial charge is 0.342 e. The van der Waals surface area contributed by atoms with Crippen LogP contribution in [0.3, 0.4) is 0 Å². The summed E-state index contributed by atoms with van der Waals surface area (Å²) in [7, 11) is 3.98. The number of hydrogen-bond donors (Lipinski definition) is 0. The molecule has 0 aliphatic carbocycles. The molecule has 1 atom stereocenters. The fourth-order valence-electron chi connectivity index (χ4n) is 4.17. The van der Waals surface area contributed by atoms with E-state index in [0.29, 0.717) is 25.9 Å². The van der Waals surface area contributed by atoms with E-state index >= 15 is 0 Å². The van der Waals surface area contributed by atoms with Crippen molar-refractivity contribution in [3.05, 3.63) is 23.8 Å². The number of aryl methyl sites for hydroxylation is 1. The van der Waals surface area contributed by atoms with Gasteiger partial charge in [-0.05, 0) is 40.3 Å². The number of carbonyl (C=O) groups is 2. The van der Waals surface area contributed by atoms with Crippen LogP contribution in [0.4, 0.5) is 0 Å². The average Bonchev–Trinajstić information content (AvgIpc) is 2.65. The second-order valence-electron chi connectivity index (χ2n) is 8.37. The quantitative estimate of drug-likeness (QED) is 0.782. The van der Waals surface area contributed by atoms with Crippen molar-refractivity contribution < 1.29 is 9.59 Å². The summed E-state index contributed by atoms with van der Waals surface area (Å²) >= 11 is 0. The predicted octanol–water partition coefficient (Wildman–Crippen LogP) is 1.47. The molecular formula is C20H31N5O2. The highest BCUT2D eigenvalue weighted by molar-refractivity contribution is 5.78. The van der Waals surface area contributed by atoms with Crippen molar-refractivity contribution in [3.8, 4) is 0 Å². The van der Waals surface area contributed by atoms with Gasteiger partial charge < -0.3 is 14.7 Å². The first kappa shape index (κ1) is 19.7. The Hall–Kier alpha value is -2.02. The van der Waals surface area contributed by atoms with Crippen LogP contribution in [-0.4, -0.2) is 76.8 Å². The van der Waals surface area contributed by atoms with Crippen LogP contribution in [0.1, 0.15) is 43.5 Å². The van der Waals surface area contributed by atoms with Gasteiger partial charge in [0.25, 0.3) is 0 Å². The van der Waals surface area contributed by atoms with E-state index in [0.717, 1.165) is 50.3 Å². The third-order valence-corrected chi connectivity index (χ3v) is 5.72. The molecule has 27 heavy (non-hydrogen) atoms. The van der Waals surface area contributed by atoms with Crippen LogP contribution in [0.15, 0.2) is 12.4 Å². The Morgan fingerprint density at radius 2 is 2.04 bits per heavy atom. The Bertz CT molecular complexity index is 675. The van der Waals surface area contributed by atoms with Crippen LogP contribution in [-0.2, 0) is 16.1 Å². The summed E-state index contributed by atoms with van der Waals surface area (Å²) in [5.74, 6) is 0.412. The van der Waals surface area contributed by atoms with Gasteiger partial charge in [-0.1, -0.05) is 0 Å². The van der Waals surface area contributed by atoms with Crippen molar-refractivity contribution in [2.75, 3.05) is 40.3 Å². The molecule has 148 valence electrons. The van der Waals surface area contributed by atoms with E-state index in [1.54, 1.807) is 12.4 Å². The minimum atomic E-state index is 0.0259. The van der Waals surface area contributed by atoms with Crippen molar-refractivity contribution in [1.29, 1.82) is 0 Å². The standard InChI is InChI=1S/C20H31N5O2/c1-16-11-22-17(12-21-16)13-25-15-20(8-5-18(25)26)7-4-9-24(14-20)19(27)6-10-23(2)3/h11-12H,4-10,13-15H2,1-3H3. The van der Waals surface area contributed by atoms with Crippen LogP contribution in [0.25, 0.3) is 0 Å². The zero-order chi connectivity index (χ0) is 19.4. The van der Waals surface area contributed by atoms with Crippen LogP contribution >= 0.6 is 0 Å². The van der Waals surface area contributed by atoms with Gasteiger partial charge in [0.1, 0.15) is 0 Å². The molecule has 1 aromatic rings. The second kappa shape index (κ2) is 8.33. The number of rotatable bonds is 5. The normalized spacial score (nSPS) is 23.3. The number of nitrogens with zero attached hydrogens (tertiary/aromatic N) is 5. The highest BCUT2D eigenvalue weighted by Gasteiger charge is 2.42. The highest BCUT2D eigenvalue weighted by Crippen LogP contribution is 2.39. The Kier molecular flexibility index (Phi) is 6.09. The molecule has 1 spiro atoms. The van der Waals surface area contributed by atoms with Gasteiger partial charge in [-0.15, -0.1) is 0 Å². The molecule has 0 bridgehead atoms. The summed E-state index contributed by atoms with van der Waals surface area (Å²) in [5.41, 5.74) is 1.72. The van der Waals surface area contributed by atoms with E-state index in [2.05, 4.69) is 9.97 Å². The van der Waals surface area contributed by atoms with E-state index < -0.39 is 0 Å². The summed E-state index contributed by atoms with van der Waals surface area (Å²) in [5, 5.41) is 0. The third-order valence-electron chi connectivity index (χ3n) is 5.72. The molecular weight excluding hydrogens is 342 g/mol. The van der Waals surface area contributed by atoms with E-state index in [4.69, 9.17) is 0 Å². The molecule has 1 unspecified atom stereocenters. The van der Waals surface area contributed by atoms with Gasteiger partial charge in [0.2, 0.25) is 11.8 Å². The van der Waals surface area contributed by atoms with E-state index in [-0.39, 0.29) is 17.2 Å². The van der Waals surface area contributed by atoms with Gasteiger partial charge in [0.15, 0.2) is 0 Å². The molecule has 2 fully saturated rings. The minimum Gasteiger partial charge on any atom is -0.342 e. The summed E-state index contributed by atoms with van der Waals surface area (Å²) in [4.78, 5) is 39.7. The molecule has 0 radical (unpaired) electrons. The molecule has 7 heteroatoms. The maximum atomic E-state index is 12.6. The third kappa shape index (κ3) is 5.03. The van der Waals surface area contributed by atoms with Gasteiger partial charge in [0.05, 0.1) is 24.1 Å². The summed E-state index contributed by atoms with van der Waals surface area (Å²) in [6, 6.07) is 0. The smallest absolute Gasteiger partial charge is 0.223 e. The highest BCUT2D eigenvalue weighted by atomic mass is 16.2. The Morgan fingerprint density at radius 1 is 1.22 bits per heavy atom. The molecule has 0 N–H and O–H groups in total. The Labute approximate surface area is 161 Å². The number of amides is 2. The monoisotopic (exact) mass is 373 g/mol. The zero-order valence-corrected chi connectivity index (χ0v) is 16.8. The zero-order valence-electron chi connectivity index (χ0n) is 16.8. The maximum absolute atomic E-state index is 12.6. The van der Waals surface area contributed by atoms with Gasteiger partial charge in [0, 0.05) is 50.6 Å². The lowest BCUT2D eigenvalue weighted by atomic mass is 9.73. The van der Waals surface area contributed by atoms with Gasteiger partial charge >= 0.3 is 0 Å². The van der Waals surface area contributed by atoms with Crippen molar-refractivity contribution in [2.24, 2.45) is 5.41 Å². The average molecular weight is 374 g/mol. The summed E-state index contributed by atoms with van der Waals surface area (Å²) in [6.07, 6.45) is 7.57. The molecule has 0 saturated carbocycles. The van der Waals surface area contributed by atoms with Gasteiger partial charge in [-0.25, -0.2) is 0 Å². The molecule has 2 amide bonds. The van der Waals surface area contributed by atoms with Crippen molar-refractivity contribution in [2.45, 2.75) is 45.6 Å². The maximum Gasteiger partial charge on any atom is 0.223 e. The first-order valence-corrected chi connectivity index (χ1v) is 9.85. The molecule has 2 aliphatic heterocycles. The van der Waals surface area contributed by atoms with Gasteiger partial charge in [-0.2, -0.15) is 0 Å². The fourth-order valence-corrected chi connectivity index (χ4v) is 4.17. The number of aromatic nitrogens is 2. The number of piperidine rings is 2. The molecule has 3 rings (SSSR count).